The lowest BCUT2D eigenvalue weighted by Crippen LogP contribution is -2.29. The molecule has 1 amide bonds. The molecule has 3 rings (SSSR count). The lowest BCUT2D eigenvalue weighted by Gasteiger charge is -2.18. The highest BCUT2D eigenvalue weighted by molar-refractivity contribution is 5.93. The molecule has 5 nitrogen and oxygen atoms in total. The van der Waals surface area contributed by atoms with E-state index in [0.29, 0.717) is 13.1 Å². The maximum atomic E-state index is 12.0. The molecule has 0 saturated carbocycles. The largest absolute Gasteiger partial charge is 0.361 e. The molecule has 2 aromatic rings. The van der Waals surface area contributed by atoms with Gasteiger partial charge in [-0.2, -0.15) is 0 Å². The van der Waals surface area contributed by atoms with Gasteiger partial charge in [0.15, 0.2) is 0 Å². The molecule has 0 radical (unpaired) electrons. The second kappa shape index (κ2) is 5.09. The second-order valence-corrected chi connectivity index (χ2v) is 5.15. The molecule has 2 heterocycles. The topological polar surface area (TPSA) is 58.4 Å². The molecule has 0 spiro atoms. The van der Waals surface area contributed by atoms with E-state index in [0.717, 1.165) is 34.8 Å². The van der Waals surface area contributed by atoms with Crippen molar-refractivity contribution >= 4 is 11.6 Å². The van der Waals surface area contributed by atoms with Gasteiger partial charge in [-0.15, -0.1) is 0 Å². The Bertz CT molecular complexity index is 629. The van der Waals surface area contributed by atoms with Crippen LogP contribution in [0.2, 0.25) is 0 Å². The van der Waals surface area contributed by atoms with Gasteiger partial charge in [0.25, 0.3) is 0 Å². The molecule has 1 N–H and O–H groups in total. The first-order chi connectivity index (χ1) is 9.63. The van der Waals surface area contributed by atoms with Crippen LogP contribution in [0.25, 0.3) is 0 Å². The summed E-state index contributed by atoms with van der Waals surface area (Å²) in [5.74, 6) is 0.835. The van der Waals surface area contributed by atoms with Gasteiger partial charge in [-0.1, -0.05) is 23.4 Å². The van der Waals surface area contributed by atoms with Gasteiger partial charge in [0.1, 0.15) is 5.76 Å². The van der Waals surface area contributed by atoms with Crippen LogP contribution in [-0.4, -0.2) is 22.5 Å². The summed E-state index contributed by atoms with van der Waals surface area (Å²) >= 11 is 0. The maximum absolute atomic E-state index is 12.0. The molecule has 0 aliphatic carbocycles. The van der Waals surface area contributed by atoms with Crippen molar-refractivity contribution < 1.29 is 9.32 Å². The fourth-order valence-electron chi connectivity index (χ4n) is 2.53. The first-order valence-electron chi connectivity index (χ1n) is 6.65. The zero-order valence-electron chi connectivity index (χ0n) is 11.6. The highest BCUT2D eigenvalue weighted by Crippen LogP contribution is 2.23. The smallest absolute Gasteiger partial charge is 0.238 e. The minimum absolute atomic E-state index is 0.0155. The van der Waals surface area contributed by atoms with Crippen LogP contribution in [0.4, 0.5) is 5.69 Å². The number of anilines is 1. The molecule has 0 unspecified atom stereocenters. The van der Waals surface area contributed by atoms with Gasteiger partial charge in [-0.05, 0) is 25.5 Å². The van der Waals surface area contributed by atoms with E-state index >= 15 is 0 Å². The average Bonchev–Trinajstić information content (AvgIpc) is 2.64. The van der Waals surface area contributed by atoms with E-state index in [-0.39, 0.29) is 5.91 Å². The molecule has 5 heteroatoms. The summed E-state index contributed by atoms with van der Waals surface area (Å²) in [6.07, 6.45) is 0. The third-order valence-electron chi connectivity index (χ3n) is 3.62. The van der Waals surface area contributed by atoms with Crippen molar-refractivity contribution in [1.29, 1.82) is 0 Å². The summed E-state index contributed by atoms with van der Waals surface area (Å²) in [4.78, 5) is 14.1. The summed E-state index contributed by atoms with van der Waals surface area (Å²) in [6.45, 7) is 5.61. The number of aromatic nitrogens is 1. The molecule has 1 aliphatic rings. The van der Waals surface area contributed by atoms with E-state index in [1.807, 2.05) is 38.1 Å². The van der Waals surface area contributed by atoms with Crippen molar-refractivity contribution in [2.45, 2.75) is 26.9 Å². The Morgan fingerprint density at radius 1 is 1.30 bits per heavy atom. The fourth-order valence-corrected chi connectivity index (χ4v) is 2.53. The van der Waals surface area contributed by atoms with Gasteiger partial charge in [0, 0.05) is 24.3 Å². The average molecular weight is 271 g/mol. The Balaban J connectivity index is 1.86. The van der Waals surface area contributed by atoms with Crippen LogP contribution in [0.5, 0.6) is 0 Å². The molecule has 1 aromatic heterocycles. The van der Waals surface area contributed by atoms with Gasteiger partial charge < -0.3 is 9.84 Å². The Morgan fingerprint density at radius 3 is 2.85 bits per heavy atom. The molecule has 0 saturated heterocycles. The number of amides is 1. The zero-order chi connectivity index (χ0) is 14.1. The van der Waals surface area contributed by atoms with E-state index in [9.17, 15) is 4.79 Å². The summed E-state index contributed by atoms with van der Waals surface area (Å²) in [5, 5.41) is 6.91. The Hall–Kier alpha value is -2.14. The number of hydrogen-bond donors (Lipinski definition) is 1. The third kappa shape index (κ3) is 2.44. The number of para-hydroxylation sites is 1. The standard InChI is InChI=1S/C15H17N3O2/c1-10-13(11(2)20-17-10)8-18-7-12-5-3-4-6-14(12)16-15(19)9-18/h3-6H,7-9H2,1-2H3,(H,16,19). The van der Waals surface area contributed by atoms with Gasteiger partial charge >= 0.3 is 0 Å². The fraction of sp³-hybridized carbons (Fsp3) is 0.333. The normalized spacial score (nSPS) is 15.6. The number of aryl methyl sites for hydroxylation is 2. The van der Waals surface area contributed by atoms with Crippen LogP contribution in [0.3, 0.4) is 0 Å². The summed E-state index contributed by atoms with van der Waals surface area (Å²) in [5.41, 5.74) is 3.99. The van der Waals surface area contributed by atoms with Crippen LogP contribution in [0, 0.1) is 13.8 Å². The van der Waals surface area contributed by atoms with Crippen molar-refractivity contribution in [2.75, 3.05) is 11.9 Å². The quantitative estimate of drug-likeness (QED) is 0.910. The first kappa shape index (κ1) is 12.9. The number of hydrogen-bond acceptors (Lipinski definition) is 4. The predicted molar refractivity (Wildman–Crippen MR) is 75.2 cm³/mol. The minimum Gasteiger partial charge on any atom is -0.361 e. The van der Waals surface area contributed by atoms with E-state index in [1.54, 1.807) is 0 Å². The van der Waals surface area contributed by atoms with Crippen molar-refractivity contribution in [3.8, 4) is 0 Å². The second-order valence-electron chi connectivity index (χ2n) is 5.15. The number of nitrogens with zero attached hydrogens (tertiary/aromatic N) is 2. The van der Waals surface area contributed by atoms with E-state index in [1.165, 1.54) is 0 Å². The number of carbonyl (C=O) groups is 1. The van der Waals surface area contributed by atoms with Crippen LogP contribution < -0.4 is 5.32 Å². The minimum atomic E-state index is 0.0155. The van der Waals surface area contributed by atoms with Crippen molar-refractivity contribution in [2.24, 2.45) is 0 Å². The molecular formula is C15H17N3O2. The van der Waals surface area contributed by atoms with Crippen molar-refractivity contribution in [1.82, 2.24) is 10.1 Å². The lowest BCUT2D eigenvalue weighted by atomic mass is 10.1. The van der Waals surface area contributed by atoms with Gasteiger partial charge in [0.2, 0.25) is 5.91 Å². The number of benzene rings is 1. The number of nitrogens with one attached hydrogen (secondary N) is 1. The monoisotopic (exact) mass is 271 g/mol. The van der Waals surface area contributed by atoms with E-state index in [2.05, 4.69) is 15.4 Å². The molecule has 0 bridgehead atoms. The first-order valence-corrected chi connectivity index (χ1v) is 6.65. The van der Waals surface area contributed by atoms with Crippen molar-refractivity contribution in [3.05, 3.63) is 46.8 Å². The highest BCUT2D eigenvalue weighted by atomic mass is 16.5. The van der Waals surface area contributed by atoms with Gasteiger partial charge in [-0.25, -0.2) is 0 Å². The molecule has 0 atom stereocenters. The maximum Gasteiger partial charge on any atom is 0.238 e. The molecule has 1 aliphatic heterocycles. The van der Waals surface area contributed by atoms with E-state index < -0.39 is 0 Å². The molecular weight excluding hydrogens is 254 g/mol. The number of rotatable bonds is 2. The zero-order valence-corrected chi connectivity index (χ0v) is 11.6. The van der Waals surface area contributed by atoms with Crippen LogP contribution in [0.1, 0.15) is 22.6 Å². The van der Waals surface area contributed by atoms with Gasteiger partial charge in [0.05, 0.1) is 12.2 Å². The van der Waals surface area contributed by atoms with Crippen LogP contribution in [0.15, 0.2) is 28.8 Å². The summed E-state index contributed by atoms with van der Waals surface area (Å²) in [6, 6.07) is 7.90. The number of fused-ring (bicyclic) bond motifs is 1. The summed E-state index contributed by atoms with van der Waals surface area (Å²) in [7, 11) is 0. The predicted octanol–water partition coefficient (Wildman–Crippen LogP) is 2.25. The molecule has 104 valence electrons. The SMILES string of the molecule is Cc1noc(C)c1CN1CC(=O)Nc2ccccc2C1. The van der Waals surface area contributed by atoms with Crippen molar-refractivity contribution in [3.63, 3.8) is 0 Å². The van der Waals surface area contributed by atoms with E-state index in [4.69, 9.17) is 4.52 Å². The van der Waals surface area contributed by atoms with Crippen LogP contribution in [-0.2, 0) is 17.9 Å². The summed E-state index contributed by atoms with van der Waals surface area (Å²) < 4.78 is 5.19. The Kier molecular flexibility index (Phi) is 3.28. The van der Waals surface area contributed by atoms with Crippen LogP contribution >= 0.6 is 0 Å². The highest BCUT2D eigenvalue weighted by Gasteiger charge is 2.21. The molecule has 20 heavy (non-hydrogen) atoms. The molecule has 0 fully saturated rings. The molecule has 1 aromatic carbocycles. The van der Waals surface area contributed by atoms with Gasteiger partial charge in [-0.3, -0.25) is 9.69 Å². The Morgan fingerprint density at radius 2 is 2.10 bits per heavy atom. The third-order valence-corrected chi connectivity index (χ3v) is 3.62. The lowest BCUT2D eigenvalue weighted by molar-refractivity contribution is -0.117. The Labute approximate surface area is 117 Å². The number of carbonyl (C=O) groups excluding carboxylic acids is 1.